The number of aryl methyl sites for hydroxylation is 2. The average Bonchev–Trinajstić information content (AvgIpc) is 3.09. The summed E-state index contributed by atoms with van der Waals surface area (Å²) < 4.78 is 5.27. The number of aromatic amines is 1. The van der Waals surface area contributed by atoms with Crippen LogP contribution in [0.15, 0.2) is 30.3 Å². The lowest BCUT2D eigenvalue weighted by Crippen LogP contribution is -2.32. The zero-order chi connectivity index (χ0) is 16.6. The number of likely N-dealkylation sites (tertiary alicyclic amines) is 1. The maximum Gasteiger partial charge on any atom is 0.271 e. The Balaban J connectivity index is 1.93. The summed E-state index contributed by atoms with van der Waals surface area (Å²) in [6.45, 7) is 4.20. The van der Waals surface area contributed by atoms with Gasteiger partial charge in [-0.3, -0.25) is 4.79 Å². The molecule has 0 saturated carbocycles. The van der Waals surface area contributed by atoms with Crippen molar-refractivity contribution in [2.45, 2.75) is 32.4 Å². The molecule has 23 heavy (non-hydrogen) atoms. The molecule has 1 aromatic heterocycles. The maximum atomic E-state index is 12.9. The van der Waals surface area contributed by atoms with E-state index in [1.54, 1.807) is 12.0 Å². The Morgan fingerprint density at radius 1 is 1.35 bits per heavy atom. The second kappa shape index (κ2) is 6.08. The summed E-state index contributed by atoms with van der Waals surface area (Å²) in [5.74, 6) is 0.683. The number of aliphatic hydroxyl groups excluding tert-OH is 1. The number of β-amino-alcohol motifs (C(OH)–C–C–N with tert-alkyl or cyclic N) is 1. The fourth-order valence-electron chi connectivity index (χ4n) is 3.30. The molecule has 2 atom stereocenters. The van der Waals surface area contributed by atoms with E-state index in [0.717, 1.165) is 22.6 Å². The third-order valence-electron chi connectivity index (χ3n) is 4.38. The molecule has 1 aromatic carbocycles. The van der Waals surface area contributed by atoms with Crippen LogP contribution in [0.1, 0.15) is 39.8 Å². The van der Waals surface area contributed by atoms with Gasteiger partial charge in [-0.15, -0.1) is 0 Å². The number of carbonyl (C=O) groups is 1. The Morgan fingerprint density at radius 3 is 2.78 bits per heavy atom. The first-order valence-corrected chi connectivity index (χ1v) is 7.78. The number of carbonyl (C=O) groups excluding carboxylic acids is 1. The van der Waals surface area contributed by atoms with Gasteiger partial charge in [-0.2, -0.15) is 0 Å². The number of methoxy groups -OCH3 is 1. The van der Waals surface area contributed by atoms with E-state index in [1.165, 1.54) is 0 Å². The molecule has 2 N–H and O–H groups in total. The Bertz CT molecular complexity index is 723. The van der Waals surface area contributed by atoms with Crippen LogP contribution < -0.4 is 4.74 Å². The van der Waals surface area contributed by atoms with Crippen LogP contribution in [0.5, 0.6) is 5.75 Å². The fraction of sp³-hybridized carbons (Fsp3) is 0.389. The van der Waals surface area contributed by atoms with Gasteiger partial charge >= 0.3 is 0 Å². The normalized spacial score (nSPS) is 20.8. The highest BCUT2D eigenvalue weighted by Gasteiger charge is 2.36. The highest BCUT2D eigenvalue weighted by atomic mass is 16.5. The number of ether oxygens (including phenoxy) is 1. The molecular formula is C18H22N2O3. The summed E-state index contributed by atoms with van der Waals surface area (Å²) in [7, 11) is 1.62. The van der Waals surface area contributed by atoms with E-state index in [0.29, 0.717) is 18.7 Å². The molecule has 5 nitrogen and oxygen atoms in total. The fourth-order valence-corrected chi connectivity index (χ4v) is 3.30. The Hall–Kier alpha value is -2.27. The van der Waals surface area contributed by atoms with Crippen molar-refractivity contribution in [3.8, 4) is 5.75 Å². The first-order valence-electron chi connectivity index (χ1n) is 7.78. The Labute approximate surface area is 135 Å². The molecule has 2 heterocycles. The van der Waals surface area contributed by atoms with Gasteiger partial charge < -0.3 is 19.7 Å². The molecular weight excluding hydrogens is 292 g/mol. The van der Waals surface area contributed by atoms with Crippen LogP contribution in [0.25, 0.3) is 0 Å². The van der Waals surface area contributed by atoms with Crippen LogP contribution in [-0.4, -0.2) is 40.7 Å². The van der Waals surface area contributed by atoms with Crippen molar-refractivity contribution >= 4 is 5.91 Å². The molecule has 0 radical (unpaired) electrons. The monoisotopic (exact) mass is 314 g/mol. The van der Waals surface area contributed by atoms with Gasteiger partial charge in [0.2, 0.25) is 0 Å². The SMILES string of the molecule is COc1cccc([C@@H]2C[C@H](O)CN2C(=O)c2[nH]c(C)cc2C)c1. The number of nitrogens with zero attached hydrogens (tertiary/aromatic N) is 1. The van der Waals surface area contributed by atoms with Gasteiger partial charge in [-0.25, -0.2) is 0 Å². The Kier molecular flexibility index (Phi) is 4.13. The quantitative estimate of drug-likeness (QED) is 0.915. The number of nitrogens with one attached hydrogen (secondary N) is 1. The highest BCUT2D eigenvalue weighted by Crippen LogP contribution is 2.35. The predicted octanol–water partition coefficient (Wildman–Crippen LogP) is 2.59. The van der Waals surface area contributed by atoms with E-state index in [1.807, 2.05) is 44.2 Å². The largest absolute Gasteiger partial charge is 0.497 e. The molecule has 0 aliphatic carbocycles. The van der Waals surface area contributed by atoms with Crippen molar-refractivity contribution < 1.29 is 14.6 Å². The van der Waals surface area contributed by atoms with Crippen LogP contribution in [0.2, 0.25) is 0 Å². The first kappa shape index (κ1) is 15.6. The van der Waals surface area contributed by atoms with Crippen molar-refractivity contribution in [3.63, 3.8) is 0 Å². The third kappa shape index (κ3) is 2.97. The van der Waals surface area contributed by atoms with Gasteiger partial charge in [-0.1, -0.05) is 12.1 Å². The minimum Gasteiger partial charge on any atom is -0.497 e. The van der Waals surface area contributed by atoms with Gasteiger partial charge in [0, 0.05) is 12.2 Å². The van der Waals surface area contributed by atoms with Crippen molar-refractivity contribution in [2.24, 2.45) is 0 Å². The van der Waals surface area contributed by atoms with Gasteiger partial charge in [0.15, 0.2) is 0 Å². The summed E-state index contributed by atoms with van der Waals surface area (Å²) in [5.41, 5.74) is 3.47. The zero-order valence-corrected chi connectivity index (χ0v) is 13.7. The van der Waals surface area contributed by atoms with E-state index in [-0.39, 0.29) is 11.9 Å². The van der Waals surface area contributed by atoms with Crippen LogP contribution >= 0.6 is 0 Å². The van der Waals surface area contributed by atoms with Gasteiger partial charge in [0.1, 0.15) is 11.4 Å². The van der Waals surface area contributed by atoms with E-state index >= 15 is 0 Å². The summed E-state index contributed by atoms with van der Waals surface area (Å²) in [5, 5.41) is 10.1. The Morgan fingerprint density at radius 2 is 2.13 bits per heavy atom. The summed E-state index contributed by atoms with van der Waals surface area (Å²) in [6.07, 6.45) is 0.0315. The molecule has 2 aromatic rings. The standard InChI is InChI=1S/C18H22N2O3/c1-11-7-12(2)19-17(11)18(22)20-10-14(21)9-16(20)13-5-4-6-15(8-13)23-3/h4-8,14,16,19,21H,9-10H2,1-3H3/t14-,16-/m0/s1. The lowest BCUT2D eigenvalue weighted by Gasteiger charge is -2.25. The van der Waals surface area contributed by atoms with Crippen LogP contribution in [0.3, 0.4) is 0 Å². The smallest absolute Gasteiger partial charge is 0.271 e. The lowest BCUT2D eigenvalue weighted by molar-refractivity contribution is 0.0709. The molecule has 1 amide bonds. The average molecular weight is 314 g/mol. The molecule has 5 heteroatoms. The minimum absolute atomic E-state index is 0.0695. The number of aromatic nitrogens is 1. The second-order valence-corrected chi connectivity index (χ2v) is 6.15. The molecule has 122 valence electrons. The van der Waals surface area contributed by atoms with Gasteiger partial charge in [0.25, 0.3) is 5.91 Å². The van der Waals surface area contributed by atoms with Gasteiger partial charge in [-0.05, 0) is 49.6 Å². The maximum absolute atomic E-state index is 12.9. The van der Waals surface area contributed by atoms with Crippen LogP contribution in [0.4, 0.5) is 0 Å². The summed E-state index contributed by atoms with van der Waals surface area (Å²) in [4.78, 5) is 17.8. The topological polar surface area (TPSA) is 65.6 Å². The van der Waals surface area contributed by atoms with E-state index in [4.69, 9.17) is 4.74 Å². The predicted molar refractivity (Wildman–Crippen MR) is 87.7 cm³/mol. The van der Waals surface area contributed by atoms with Crippen molar-refractivity contribution in [1.29, 1.82) is 0 Å². The zero-order valence-electron chi connectivity index (χ0n) is 13.7. The highest BCUT2D eigenvalue weighted by molar-refractivity contribution is 5.94. The molecule has 1 aliphatic rings. The molecule has 0 bridgehead atoms. The number of hydrogen-bond donors (Lipinski definition) is 2. The van der Waals surface area contributed by atoms with Crippen LogP contribution in [-0.2, 0) is 0 Å². The second-order valence-electron chi connectivity index (χ2n) is 6.15. The van der Waals surface area contributed by atoms with Gasteiger partial charge in [0.05, 0.1) is 19.3 Å². The minimum atomic E-state index is -0.508. The van der Waals surface area contributed by atoms with Crippen molar-refractivity contribution in [3.05, 3.63) is 52.8 Å². The van der Waals surface area contributed by atoms with E-state index < -0.39 is 6.10 Å². The number of benzene rings is 1. The number of aliphatic hydroxyl groups is 1. The molecule has 1 aliphatic heterocycles. The number of rotatable bonds is 3. The molecule has 3 rings (SSSR count). The number of amides is 1. The van der Waals surface area contributed by atoms with Crippen molar-refractivity contribution in [2.75, 3.05) is 13.7 Å². The third-order valence-corrected chi connectivity index (χ3v) is 4.38. The number of H-pyrrole nitrogens is 1. The van der Waals surface area contributed by atoms with Crippen molar-refractivity contribution in [1.82, 2.24) is 9.88 Å². The summed E-state index contributed by atoms with van der Waals surface area (Å²) in [6, 6.07) is 9.50. The molecule has 0 spiro atoms. The number of hydrogen-bond acceptors (Lipinski definition) is 3. The lowest BCUT2D eigenvalue weighted by atomic mass is 10.0. The van der Waals surface area contributed by atoms with E-state index in [2.05, 4.69) is 4.98 Å². The molecule has 1 saturated heterocycles. The molecule has 0 unspecified atom stereocenters. The van der Waals surface area contributed by atoms with E-state index in [9.17, 15) is 9.90 Å². The molecule has 1 fully saturated rings. The van der Waals surface area contributed by atoms with Crippen LogP contribution in [0, 0.1) is 13.8 Å². The first-order chi connectivity index (χ1) is 11.0. The summed E-state index contributed by atoms with van der Waals surface area (Å²) >= 11 is 0.